The molecular formula is C9H10F3N3O5. The fourth-order valence-electron chi connectivity index (χ4n) is 1.38. The summed E-state index contributed by atoms with van der Waals surface area (Å²) >= 11 is 0. The Bertz CT molecular complexity index is 513. The summed E-state index contributed by atoms with van der Waals surface area (Å²) in [4.78, 5) is 20.6. The van der Waals surface area contributed by atoms with Crippen LogP contribution in [0.1, 0.15) is 19.4 Å². The van der Waals surface area contributed by atoms with Crippen LogP contribution in [0.25, 0.3) is 0 Å². The van der Waals surface area contributed by atoms with Gasteiger partial charge in [-0.05, 0) is 6.42 Å². The average Bonchev–Trinajstić information content (AvgIpc) is 2.70. The molecule has 1 N–H and O–H groups in total. The smallest absolute Gasteiger partial charge is 0.422 e. The fourth-order valence-corrected chi connectivity index (χ4v) is 1.38. The zero-order valence-electron chi connectivity index (χ0n) is 10.1. The van der Waals surface area contributed by atoms with Crippen LogP contribution in [0.3, 0.4) is 0 Å². The molecule has 0 radical (unpaired) electrons. The van der Waals surface area contributed by atoms with Crippen molar-refractivity contribution in [3.05, 3.63) is 16.3 Å². The minimum absolute atomic E-state index is 0.0485. The van der Waals surface area contributed by atoms with Crippen LogP contribution in [0.5, 0.6) is 5.88 Å². The van der Waals surface area contributed by atoms with Crippen molar-refractivity contribution in [2.24, 2.45) is 0 Å². The average molecular weight is 297 g/mol. The molecule has 0 saturated heterocycles. The molecular weight excluding hydrogens is 287 g/mol. The summed E-state index contributed by atoms with van der Waals surface area (Å²) < 4.78 is 41.0. The van der Waals surface area contributed by atoms with Crippen LogP contribution in [0.2, 0.25) is 0 Å². The summed E-state index contributed by atoms with van der Waals surface area (Å²) in [5.41, 5.74) is -0.825. The first kappa shape index (κ1) is 15.7. The van der Waals surface area contributed by atoms with Crippen molar-refractivity contribution < 1.29 is 32.7 Å². The number of rotatable bonds is 6. The Hall–Kier alpha value is -2.33. The summed E-state index contributed by atoms with van der Waals surface area (Å²) in [5.74, 6) is -2.18. The Kier molecular flexibility index (Phi) is 4.53. The van der Waals surface area contributed by atoms with Gasteiger partial charge in [-0.3, -0.25) is 10.1 Å². The molecule has 0 aromatic carbocycles. The zero-order valence-corrected chi connectivity index (χ0v) is 10.1. The third kappa shape index (κ3) is 3.83. The molecule has 0 fully saturated rings. The van der Waals surface area contributed by atoms with Gasteiger partial charge in [-0.2, -0.15) is 13.2 Å². The third-order valence-electron chi connectivity index (χ3n) is 2.24. The second kappa shape index (κ2) is 5.75. The number of carbonyl (C=O) groups is 1. The predicted molar refractivity (Wildman–Crippen MR) is 57.4 cm³/mol. The minimum Gasteiger partial charge on any atom is -0.480 e. The van der Waals surface area contributed by atoms with Gasteiger partial charge in [0, 0.05) is 0 Å². The Morgan fingerprint density at radius 1 is 1.65 bits per heavy atom. The van der Waals surface area contributed by atoms with Crippen molar-refractivity contribution in [1.29, 1.82) is 0 Å². The summed E-state index contributed by atoms with van der Waals surface area (Å²) in [6.07, 6.45) is -3.91. The van der Waals surface area contributed by atoms with Gasteiger partial charge in [0.05, 0.1) is 4.92 Å². The molecule has 0 spiro atoms. The maximum absolute atomic E-state index is 12.0. The van der Waals surface area contributed by atoms with Gasteiger partial charge in [0.25, 0.3) is 0 Å². The molecule has 1 aromatic heterocycles. The molecule has 1 atom stereocenters. The maximum atomic E-state index is 12.0. The lowest BCUT2D eigenvalue weighted by atomic mass is 10.2. The van der Waals surface area contributed by atoms with Gasteiger partial charge in [0.2, 0.25) is 0 Å². The highest BCUT2D eigenvalue weighted by Crippen LogP contribution is 2.29. The van der Waals surface area contributed by atoms with Crippen molar-refractivity contribution in [3.63, 3.8) is 0 Å². The van der Waals surface area contributed by atoms with Crippen molar-refractivity contribution >= 4 is 11.7 Å². The van der Waals surface area contributed by atoms with E-state index in [1.165, 1.54) is 6.92 Å². The molecule has 0 unspecified atom stereocenters. The number of aliphatic carboxylic acids is 1. The van der Waals surface area contributed by atoms with E-state index in [1.807, 2.05) is 0 Å². The maximum Gasteiger partial charge on any atom is 0.422 e. The van der Waals surface area contributed by atoms with Gasteiger partial charge >= 0.3 is 23.7 Å². The number of ether oxygens (including phenoxy) is 1. The van der Waals surface area contributed by atoms with Crippen molar-refractivity contribution in [2.45, 2.75) is 25.6 Å². The molecule has 0 saturated carbocycles. The van der Waals surface area contributed by atoms with E-state index in [2.05, 4.69) is 9.84 Å². The SMILES string of the molecule is CC[C@@H](C(=O)O)n1cc([N+](=O)[O-])c(OCC(F)(F)F)n1. The first-order chi connectivity index (χ1) is 9.15. The van der Waals surface area contributed by atoms with Crippen LogP contribution in [0.4, 0.5) is 18.9 Å². The molecule has 8 nitrogen and oxygen atoms in total. The molecule has 11 heteroatoms. The Balaban J connectivity index is 3.07. The number of hydrogen-bond acceptors (Lipinski definition) is 5. The van der Waals surface area contributed by atoms with E-state index in [-0.39, 0.29) is 6.42 Å². The molecule has 0 aliphatic heterocycles. The number of nitro groups is 1. The van der Waals surface area contributed by atoms with Gasteiger partial charge in [-0.25, -0.2) is 9.48 Å². The predicted octanol–water partition coefficient (Wildman–Crippen LogP) is 1.77. The van der Waals surface area contributed by atoms with E-state index in [1.54, 1.807) is 0 Å². The first-order valence-electron chi connectivity index (χ1n) is 5.31. The quantitative estimate of drug-likeness (QED) is 0.633. The lowest BCUT2D eigenvalue weighted by Crippen LogP contribution is -2.21. The van der Waals surface area contributed by atoms with E-state index < -0.39 is 41.3 Å². The van der Waals surface area contributed by atoms with Gasteiger partial charge in [0.15, 0.2) is 6.61 Å². The van der Waals surface area contributed by atoms with Gasteiger partial charge in [-0.1, -0.05) is 6.92 Å². The summed E-state index contributed by atoms with van der Waals surface area (Å²) in [6, 6.07) is -1.23. The normalized spacial score (nSPS) is 13.0. The monoisotopic (exact) mass is 297 g/mol. The summed E-state index contributed by atoms with van der Waals surface area (Å²) in [7, 11) is 0. The molecule has 1 rings (SSSR count). The molecule has 112 valence electrons. The standard InChI is InChI=1S/C9H10F3N3O5/c1-2-5(8(16)17)14-3-6(15(18)19)7(13-14)20-4-9(10,11)12/h3,5H,2,4H2,1H3,(H,16,17)/t5-/m0/s1. The zero-order chi connectivity index (χ0) is 15.5. The number of carboxylic acids is 1. The number of aromatic nitrogens is 2. The van der Waals surface area contributed by atoms with Gasteiger partial charge < -0.3 is 9.84 Å². The van der Waals surface area contributed by atoms with Crippen LogP contribution >= 0.6 is 0 Å². The largest absolute Gasteiger partial charge is 0.480 e. The van der Waals surface area contributed by atoms with Crippen molar-refractivity contribution in [2.75, 3.05) is 6.61 Å². The highest BCUT2D eigenvalue weighted by Gasteiger charge is 2.32. The number of alkyl halides is 3. The van der Waals surface area contributed by atoms with Crippen molar-refractivity contribution in [3.8, 4) is 5.88 Å². The second-order valence-corrected chi connectivity index (χ2v) is 3.72. The van der Waals surface area contributed by atoms with Gasteiger partial charge in [-0.15, -0.1) is 5.10 Å². The van der Waals surface area contributed by atoms with Crippen LogP contribution in [-0.4, -0.2) is 38.6 Å². The van der Waals surface area contributed by atoms with E-state index in [0.717, 1.165) is 6.20 Å². The van der Waals surface area contributed by atoms with Crippen LogP contribution in [0.15, 0.2) is 6.20 Å². The lowest BCUT2D eigenvalue weighted by molar-refractivity contribution is -0.386. The van der Waals surface area contributed by atoms with E-state index in [4.69, 9.17) is 5.11 Å². The molecule has 20 heavy (non-hydrogen) atoms. The Morgan fingerprint density at radius 3 is 2.65 bits per heavy atom. The van der Waals surface area contributed by atoms with Crippen LogP contribution < -0.4 is 4.74 Å². The van der Waals surface area contributed by atoms with E-state index in [9.17, 15) is 28.1 Å². The number of hydrogen-bond donors (Lipinski definition) is 1. The second-order valence-electron chi connectivity index (χ2n) is 3.72. The molecule has 1 heterocycles. The molecule has 0 aliphatic rings. The minimum atomic E-state index is -4.69. The highest BCUT2D eigenvalue weighted by atomic mass is 19.4. The topological polar surface area (TPSA) is 107 Å². The number of halogens is 3. The Morgan fingerprint density at radius 2 is 2.25 bits per heavy atom. The third-order valence-corrected chi connectivity index (χ3v) is 2.24. The molecule has 0 amide bonds. The Labute approximate surface area is 109 Å². The van der Waals surface area contributed by atoms with Crippen molar-refractivity contribution in [1.82, 2.24) is 9.78 Å². The molecule has 1 aromatic rings. The van der Waals surface area contributed by atoms with Gasteiger partial charge in [0.1, 0.15) is 12.2 Å². The first-order valence-corrected chi connectivity index (χ1v) is 5.31. The lowest BCUT2D eigenvalue weighted by Gasteiger charge is -2.09. The van der Waals surface area contributed by atoms with Crippen LogP contribution in [0, 0.1) is 10.1 Å². The highest BCUT2D eigenvalue weighted by molar-refractivity contribution is 5.71. The molecule has 0 aliphatic carbocycles. The van der Waals surface area contributed by atoms with Crippen LogP contribution in [-0.2, 0) is 4.79 Å². The summed E-state index contributed by atoms with van der Waals surface area (Å²) in [5, 5.41) is 23.0. The number of carboxylic acid groups (broad SMARTS) is 1. The number of nitrogens with zero attached hydrogens (tertiary/aromatic N) is 3. The summed E-state index contributed by atoms with van der Waals surface area (Å²) in [6.45, 7) is -0.267. The fraction of sp³-hybridized carbons (Fsp3) is 0.556. The molecule has 0 bridgehead atoms. The van der Waals surface area contributed by atoms with E-state index in [0.29, 0.717) is 4.68 Å². The van der Waals surface area contributed by atoms with E-state index >= 15 is 0 Å².